The van der Waals surface area contributed by atoms with E-state index in [9.17, 15) is 10.1 Å². The van der Waals surface area contributed by atoms with Crippen LogP contribution in [0.15, 0.2) is 36.5 Å². The van der Waals surface area contributed by atoms with Gasteiger partial charge in [-0.05, 0) is 18.1 Å². The van der Waals surface area contributed by atoms with Gasteiger partial charge in [-0.3, -0.25) is 10.1 Å². The van der Waals surface area contributed by atoms with E-state index in [0.717, 1.165) is 11.1 Å². The molecule has 3 N–H and O–H groups in total. The van der Waals surface area contributed by atoms with Crippen molar-refractivity contribution in [1.82, 2.24) is 4.98 Å². The van der Waals surface area contributed by atoms with E-state index >= 15 is 0 Å². The highest BCUT2D eigenvalue weighted by atomic mass is 16.6. The van der Waals surface area contributed by atoms with Gasteiger partial charge < -0.3 is 11.1 Å². The molecule has 0 aliphatic heterocycles. The zero-order valence-corrected chi connectivity index (χ0v) is 11.2. The minimum atomic E-state index is -0.407. The number of anilines is 1. The first-order valence-corrected chi connectivity index (χ1v) is 6.23. The Morgan fingerprint density at radius 1 is 1.35 bits per heavy atom. The van der Waals surface area contributed by atoms with E-state index in [1.165, 1.54) is 12.3 Å². The minimum Gasteiger partial charge on any atom is -0.366 e. The van der Waals surface area contributed by atoms with Gasteiger partial charge in [-0.15, -0.1) is 0 Å². The Bertz CT molecular complexity index is 628. The van der Waals surface area contributed by atoms with Crippen LogP contribution in [-0.4, -0.2) is 9.91 Å². The molecule has 0 fully saturated rings. The lowest BCUT2D eigenvalue weighted by Crippen LogP contribution is -2.07. The van der Waals surface area contributed by atoms with Crippen LogP contribution in [0.5, 0.6) is 0 Å². The second kappa shape index (κ2) is 6.12. The Labute approximate surface area is 116 Å². The molecular formula is C14H16N4O2. The van der Waals surface area contributed by atoms with Crippen LogP contribution in [-0.2, 0) is 13.1 Å². The first kappa shape index (κ1) is 14.0. The molecule has 0 amide bonds. The van der Waals surface area contributed by atoms with E-state index in [1.807, 2.05) is 24.3 Å². The van der Waals surface area contributed by atoms with Crippen molar-refractivity contribution in [2.45, 2.75) is 20.0 Å². The van der Waals surface area contributed by atoms with Crippen LogP contribution in [0.2, 0.25) is 0 Å². The highest BCUT2D eigenvalue weighted by Crippen LogP contribution is 2.20. The fourth-order valence-electron chi connectivity index (χ4n) is 1.92. The second-order valence-corrected chi connectivity index (χ2v) is 4.44. The highest BCUT2D eigenvalue weighted by Gasteiger charge is 2.12. The first-order chi connectivity index (χ1) is 9.61. The number of aromatic nitrogens is 1. The predicted octanol–water partition coefficient (Wildman–Crippen LogP) is 2.37. The first-order valence-electron chi connectivity index (χ1n) is 6.23. The summed E-state index contributed by atoms with van der Waals surface area (Å²) in [5, 5.41) is 14.0. The van der Waals surface area contributed by atoms with Crippen molar-refractivity contribution in [2.24, 2.45) is 5.73 Å². The van der Waals surface area contributed by atoms with Crippen molar-refractivity contribution in [1.29, 1.82) is 0 Å². The number of aryl methyl sites for hydroxylation is 1. The number of nitrogens with one attached hydrogen (secondary N) is 1. The van der Waals surface area contributed by atoms with Gasteiger partial charge in [-0.1, -0.05) is 24.3 Å². The van der Waals surface area contributed by atoms with Crippen molar-refractivity contribution >= 4 is 11.5 Å². The van der Waals surface area contributed by atoms with Crippen LogP contribution < -0.4 is 11.1 Å². The van der Waals surface area contributed by atoms with Crippen LogP contribution in [0.1, 0.15) is 16.7 Å². The largest absolute Gasteiger partial charge is 0.366 e. The fourth-order valence-corrected chi connectivity index (χ4v) is 1.92. The van der Waals surface area contributed by atoms with Gasteiger partial charge in [0.15, 0.2) is 0 Å². The lowest BCUT2D eigenvalue weighted by Gasteiger charge is -2.09. The fraction of sp³-hybridized carbons (Fsp3) is 0.214. The van der Waals surface area contributed by atoms with Crippen molar-refractivity contribution in [3.05, 3.63) is 63.3 Å². The molecule has 0 aliphatic rings. The third kappa shape index (κ3) is 3.10. The number of hydrogen-bond donors (Lipinski definition) is 2. The summed E-state index contributed by atoms with van der Waals surface area (Å²) < 4.78 is 0. The number of benzene rings is 1. The van der Waals surface area contributed by atoms with Gasteiger partial charge in [0.2, 0.25) is 0 Å². The number of nitrogens with zero attached hydrogens (tertiary/aromatic N) is 2. The molecule has 6 nitrogen and oxygen atoms in total. The third-order valence-corrected chi connectivity index (χ3v) is 3.07. The molecule has 1 aromatic heterocycles. The molecule has 20 heavy (non-hydrogen) atoms. The summed E-state index contributed by atoms with van der Waals surface area (Å²) in [6.07, 6.45) is 1.50. The van der Waals surface area contributed by atoms with E-state index in [2.05, 4.69) is 10.3 Å². The maximum atomic E-state index is 10.9. The van der Waals surface area contributed by atoms with E-state index in [-0.39, 0.29) is 5.69 Å². The summed E-state index contributed by atoms with van der Waals surface area (Å²) in [6, 6.07) is 9.24. The summed E-state index contributed by atoms with van der Waals surface area (Å²) in [5.41, 5.74) is 8.38. The lowest BCUT2D eigenvalue weighted by atomic mass is 10.1. The summed E-state index contributed by atoms with van der Waals surface area (Å²) in [6.45, 7) is 2.65. The zero-order chi connectivity index (χ0) is 14.5. The van der Waals surface area contributed by atoms with Crippen LogP contribution in [0.4, 0.5) is 11.5 Å². The number of hydrogen-bond acceptors (Lipinski definition) is 5. The van der Waals surface area contributed by atoms with Crippen molar-refractivity contribution in [2.75, 3.05) is 5.32 Å². The van der Waals surface area contributed by atoms with Gasteiger partial charge in [-0.2, -0.15) is 0 Å². The molecular weight excluding hydrogens is 256 g/mol. The average Bonchev–Trinajstić information content (AvgIpc) is 2.46. The quantitative estimate of drug-likeness (QED) is 0.643. The van der Waals surface area contributed by atoms with Gasteiger partial charge in [0, 0.05) is 24.8 Å². The molecule has 0 aliphatic carbocycles. The van der Waals surface area contributed by atoms with Crippen LogP contribution in [0.25, 0.3) is 0 Å². The van der Waals surface area contributed by atoms with Crippen molar-refractivity contribution < 1.29 is 4.92 Å². The van der Waals surface area contributed by atoms with Gasteiger partial charge in [0.05, 0.1) is 11.0 Å². The van der Waals surface area contributed by atoms with Gasteiger partial charge in [-0.25, -0.2) is 4.98 Å². The maximum absolute atomic E-state index is 10.9. The molecule has 1 heterocycles. The Kier molecular flexibility index (Phi) is 4.27. The number of nitrogens with two attached hydrogens (primary N) is 1. The van der Waals surface area contributed by atoms with Crippen LogP contribution in [0, 0.1) is 17.0 Å². The maximum Gasteiger partial charge on any atom is 0.277 e. The lowest BCUT2D eigenvalue weighted by molar-refractivity contribution is -0.385. The smallest absolute Gasteiger partial charge is 0.277 e. The second-order valence-electron chi connectivity index (χ2n) is 4.44. The molecule has 6 heteroatoms. The molecule has 0 unspecified atom stereocenters. The summed E-state index contributed by atoms with van der Waals surface area (Å²) in [5.74, 6) is 0.481. The van der Waals surface area contributed by atoms with Crippen molar-refractivity contribution in [3.8, 4) is 0 Å². The normalized spacial score (nSPS) is 10.3. The van der Waals surface area contributed by atoms with Crippen LogP contribution >= 0.6 is 0 Å². The summed E-state index contributed by atoms with van der Waals surface area (Å²) >= 11 is 0. The Morgan fingerprint density at radius 2 is 2.05 bits per heavy atom. The Morgan fingerprint density at radius 3 is 2.70 bits per heavy atom. The van der Waals surface area contributed by atoms with Gasteiger partial charge in [0.25, 0.3) is 5.69 Å². The van der Waals surface area contributed by atoms with Gasteiger partial charge >= 0.3 is 0 Å². The number of pyridine rings is 1. The van der Waals surface area contributed by atoms with Gasteiger partial charge in [0.1, 0.15) is 5.82 Å². The molecule has 0 atom stereocenters. The molecule has 0 saturated heterocycles. The molecule has 2 aromatic rings. The topological polar surface area (TPSA) is 94.1 Å². The van der Waals surface area contributed by atoms with E-state index < -0.39 is 4.92 Å². The van der Waals surface area contributed by atoms with E-state index in [4.69, 9.17) is 5.73 Å². The van der Waals surface area contributed by atoms with E-state index in [1.54, 1.807) is 6.92 Å². The molecule has 2 rings (SSSR count). The Hall–Kier alpha value is -2.47. The SMILES string of the molecule is Cc1cnc(NCc2ccccc2CN)cc1[N+](=O)[O-]. The molecule has 1 aromatic carbocycles. The third-order valence-electron chi connectivity index (χ3n) is 3.07. The van der Waals surface area contributed by atoms with Crippen molar-refractivity contribution in [3.63, 3.8) is 0 Å². The minimum absolute atomic E-state index is 0.0645. The number of nitro groups is 1. The van der Waals surface area contributed by atoms with E-state index in [0.29, 0.717) is 24.5 Å². The summed E-state index contributed by atoms with van der Waals surface area (Å²) in [4.78, 5) is 14.6. The zero-order valence-electron chi connectivity index (χ0n) is 11.2. The monoisotopic (exact) mass is 272 g/mol. The highest BCUT2D eigenvalue weighted by molar-refractivity contribution is 5.49. The predicted molar refractivity (Wildman–Crippen MR) is 77.3 cm³/mol. The average molecular weight is 272 g/mol. The summed E-state index contributed by atoms with van der Waals surface area (Å²) in [7, 11) is 0. The van der Waals surface area contributed by atoms with Crippen LogP contribution in [0.3, 0.4) is 0 Å². The molecule has 0 bridgehead atoms. The standard InChI is InChI=1S/C14H16N4O2/c1-10-8-16-14(6-13(10)18(19)20)17-9-12-5-3-2-4-11(12)7-15/h2-6,8H,7,9,15H2,1H3,(H,16,17). The molecule has 104 valence electrons. The Balaban J connectivity index is 2.15. The molecule has 0 radical (unpaired) electrons. The molecule has 0 saturated carbocycles. The molecule has 0 spiro atoms. The number of rotatable bonds is 5.